The Balaban J connectivity index is 1.68. The van der Waals surface area contributed by atoms with Crippen molar-refractivity contribution in [2.45, 2.75) is 19.9 Å². The quantitative estimate of drug-likeness (QED) is 0.643. The van der Waals surface area contributed by atoms with Gasteiger partial charge in [-0.25, -0.2) is 4.39 Å². The topological polar surface area (TPSA) is 34.0 Å². The number of nitrogens with one attached hydrogen (secondary N) is 1. The first-order chi connectivity index (χ1) is 12.1. The largest absolute Gasteiger partial charge is 0.383 e. The lowest BCUT2D eigenvalue weighted by Crippen LogP contribution is -2.06. The molecule has 1 heterocycles. The number of hydrogen-bond donors (Lipinski definition) is 1. The standard InChI is InChI=1S/C21H21FN2O/c1-16(25)21-13-20(23-12-11-17-5-3-2-4-6-17)15-24(21)14-18-7-9-19(22)10-8-18/h2-10,13,15,23H,11-12,14H2,1H3. The van der Waals surface area contributed by atoms with Gasteiger partial charge in [-0.1, -0.05) is 42.5 Å². The summed E-state index contributed by atoms with van der Waals surface area (Å²) in [5.74, 6) is -0.246. The van der Waals surface area contributed by atoms with Crippen molar-refractivity contribution in [1.82, 2.24) is 4.57 Å². The molecule has 0 saturated carbocycles. The normalized spacial score (nSPS) is 10.6. The fraction of sp³-hybridized carbons (Fsp3) is 0.190. The lowest BCUT2D eigenvalue weighted by Gasteiger charge is -2.07. The molecule has 3 nitrogen and oxygen atoms in total. The Kier molecular flexibility index (Phi) is 5.29. The predicted octanol–water partition coefficient (Wildman–Crippen LogP) is 4.53. The van der Waals surface area contributed by atoms with Crippen LogP contribution in [0.3, 0.4) is 0 Å². The van der Waals surface area contributed by atoms with E-state index in [1.54, 1.807) is 19.1 Å². The van der Waals surface area contributed by atoms with Gasteiger partial charge in [0.25, 0.3) is 0 Å². The first-order valence-corrected chi connectivity index (χ1v) is 8.35. The molecule has 0 aliphatic heterocycles. The second kappa shape index (κ2) is 7.79. The van der Waals surface area contributed by atoms with E-state index in [0.29, 0.717) is 12.2 Å². The summed E-state index contributed by atoms with van der Waals surface area (Å²) in [5, 5.41) is 3.37. The second-order valence-electron chi connectivity index (χ2n) is 6.09. The minimum absolute atomic E-state index is 0.0122. The fourth-order valence-corrected chi connectivity index (χ4v) is 2.82. The Morgan fingerprint density at radius 1 is 1.04 bits per heavy atom. The lowest BCUT2D eigenvalue weighted by molar-refractivity contribution is 0.100. The number of ketones is 1. The van der Waals surface area contributed by atoms with Crippen LogP contribution >= 0.6 is 0 Å². The molecule has 128 valence electrons. The van der Waals surface area contributed by atoms with Crippen molar-refractivity contribution in [3.63, 3.8) is 0 Å². The summed E-state index contributed by atoms with van der Waals surface area (Å²) in [5.41, 5.74) is 3.79. The number of anilines is 1. The van der Waals surface area contributed by atoms with Crippen molar-refractivity contribution in [3.05, 3.63) is 89.5 Å². The van der Waals surface area contributed by atoms with Crippen molar-refractivity contribution >= 4 is 11.5 Å². The second-order valence-corrected chi connectivity index (χ2v) is 6.09. The Hall–Kier alpha value is -2.88. The first-order valence-electron chi connectivity index (χ1n) is 8.35. The monoisotopic (exact) mass is 336 g/mol. The fourth-order valence-electron chi connectivity index (χ4n) is 2.82. The molecule has 25 heavy (non-hydrogen) atoms. The highest BCUT2D eigenvalue weighted by Gasteiger charge is 2.10. The van der Waals surface area contributed by atoms with Gasteiger partial charge in [-0.3, -0.25) is 4.79 Å². The molecule has 3 rings (SSSR count). The molecular formula is C21H21FN2O. The van der Waals surface area contributed by atoms with Gasteiger partial charge >= 0.3 is 0 Å². The maximum absolute atomic E-state index is 13.0. The van der Waals surface area contributed by atoms with E-state index >= 15 is 0 Å². The van der Waals surface area contributed by atoms with Gasteiger partial charge in [-0.05, 0) is 35.7 Å². The molecule has 3 aromatic rings. The SMILES string of the molecule is CC(=O)c1cc(NCCc2ccccc2)cn1Cc1ccc(F)cc1. The van der Waals surface area contributed by atoms with Crippen LogP contribution in [0, 0.1) is 5.82 Å². The lowest BCUT2D eigenvalue weighted by atomic mass is 10.1. The third kappa shape index (κ3) is 4.57. The van der Waals surface area contributed by atoms with E-state index in [-0.39, 0.29) is 11.6 Å². The Morgan fingerprint density at radius 2 is 1.76 bits per heavy atom. The van der Waals surface area contributed by atoms with Gasteiger partial charge in [0.05, 0.1) is 11.4 Å². The van der Waals surface area contributed by atoms with E-state index < -0.39 is 0 Å². The van der Waals surface area contributed by atoms with E-state index in [9.17, 15) is 9.18 Å². The van der Waals surface area contributed by atoms with Crippen LogP contribution in [0.2, 0.25) is 0 Å². The molecule has 1 N–H and O–H groups in total. The number of hydrogen-bond acceptors (Lipinski definition) is 2. The van der Waals surface area contributed by atoms with Crippen LogP contribution in [0.15, 0.2) is 66.9 Å². The first kappa shape index (κ1) is 17.0. The van der Waals surface area contributed by atoms with Crippen LogP contribution in [0.1, 0.15) is 28.5 Å². The molecule has 1 aromatic heterocycles. The van der Waals surface area contributed by atoms with Crippen LogP contribution in [0.5, 0.6) is 0 Å². The average molecular weight is 336 g/mol. The summed E-state index contributed by atoms with van der Waals surface area (Å²) in [6.45, 7) is 2.89. The van der Waals surface area contributed by atoms with E-state index in [1.165, 1.54) is 17.7 Å². The number of rotatable bonds is 7. The Bertz CT molecular complexity index is 838. The number of nitrogens with zero attached hydrogens (tertiary/aromatic N) is 1. The zero-order valence-electron chi connectivity index (χ0n) is 14.2. The van der Waals surface area contributed by atoms with Gasteiger partial charge in [0, 0.05) is 26.2 Å². The van der Waals surface area contributed by atoms with Crippen molar-refractivity contribution in [2.75, 3.05) is 11.9 Å². The number of carbonyl (C=O) groups excluding carboxylic acids is 1. The van der Waals surface area contributed by atoms with Crippen molar-refractivity contribution in [1.29, 1.82) is 0 Å². The van der Waals surface area contributed by atoms with Crippen molar-refractivity contribution in [2.24, 2.45) is 0 Å². The van der Waals surface area contributed by atoms with Gasteiger partial charge in [-0.2, -0.15) is 0 Å². The number of halogens is 1. The highest BCUT2D eigenvalue weighted by Crippen LogP contribution is 2.17. The highest BCUT2D eigenvalue weighted by molar-refractivity contribution is 5.93. The van der Waals surface area contributed by atoms with E-state index in [0.717, 1.165) is 24.2 Å². The summed E-state index contributed by atoms with van der Waals surface area (Å²) in [6, 6.07) is 18.5. The molecule has 0 fully saturated rings. The van der Waals surface area contributed by atoms with Crippen molar-refractivity contribution < 1.29 is 9.18 Å². The van der Waals surface area contributed by atoms with Gasteiger partial charge < -0.3 is 9.88 Å². The maximum Gasteiger partial charge on any atom is 0.176 e. The Morgan fingerprint density at radius 3 is 2.44 bits per heavy atom. The molecule has 0 spiro atoms. The zero-order chi connectivity index (χ0) is 17.6. The van der Waals surface area contributed by atoms with Gasteiger partial charge in [-0.15, -0.1) is 0 Å². The number of carbonyl (C=O) groups is 1. The third-order valence-corrected chi connectivity index (χ3v) is 4.11. The van der Waals surface area contributed by atoms with Gasteiger partial charge in [0.2, 0.25) is 0 Å². The molecular weight excluding hydrogens is 315 g/mol. The molecule has 2 aromatic carbocycles. The summed E-state index contributed by atoms with van der Waals surface area (Å²) in [6.07, 6.45) is 2.85. The van der Waals surface area contributed by atoms with Crippen LogP contribution in [0.25, 0.3) is 0 Å². The molecule has 0 aliphatic carbocycles. The smallest absolute Gasteiger partial charge is 0.176 e. The predicted molar refractivity (Wildman–Crippen MR) is 98.6 cm³/mol. The Labute approximate surface area is 147 Å². The third-order valence-electron chi connectivity index (χ3n) is 4.11. The van der Waals surface area contributed by atoms with Crippen LogP contribution < -0.4 is 5.32 Å². The minimum Gasteiger partial charge on any atom is -0.383 e. The van der Waals surface area contributed by atoms with E-state index in [4.69, 9.17) is 0 Å². The highest BCUT2D eigenvalue weighted by atomic mass is 19.1. The van der Waals surface area contributed by atoms with Crippen molar-refractivity contribution in [3.8, 4) is 0 Å². The molecule has 0 saturated heterocycles. The molecule has 0 atom stereocenters. The number of Topliss-reactive ketones (excluding diaryl/α,β-unsaturated/α-hetero) is 1. The van der Waals surface area contributed by atoms with E-state index in [1.807, 2.05) is 35.0 Å². The summed E-state index contributed by atoms with van der Waals surface area (Å²) in [7, 11) is 0. The minimum atomic E-state index is -0.258. The zero-order valence-corrected chi connectivity index (χ0v) is 14.2. The molecule has 0 unspecified atom stereocenters. The van der Waals surface area contributed by atoms with Gasteiger partial charge in [0.15, 0.2) is 5.78 Å². The maximum atomic E-state index is 13.0. The summed E-state index contributed by atoms with van der Waals surface area (Å²) >= 11 is 0. The van der Waals surface area contributed by atoms with Gasteiger partial charge in [0.1, 0.15) is 5.82 Å². The molecule has 0 amide bonds. The van der Waals surface area contributed by atoms with Crippen LogP contribution in [-0.4, -0.2) is 16.9 Å². The average Bonchev–Trinajstić information content (AvgIpc) is 3.01. The summed E-state index contributed by atoms with van der Waals surface area (Å²) < 4.78 is 14.9. The number of aromatic nitrogens is 1. The molecule has 0 radical (unpaired) electrons. The van der Waals surface area contributed by atoms with Crippen LogP contribution in [0.4, 0.5) is 10.1 Å². The molecule has 0 bridgehead atoms. The molecule has 0 aliphatic rings. The summed E-state index contributed by atoms with van der Waals surface area (Å²) in [4.78, 5) is 11.9. The number of benzene rings is 2. The molecule has 4 heteroatoms. The van der Waals surface area contributed by atoms with Crippen LogP contribution in [-0.2, 0) is 13.0 Å². The van der Waals surface area contributed by atoms with E-state index in [2.05, 4.69) is 17.4 Å².